The van der Waals surface area contributed by atoms with Gasteiger partial charge in [0.15, 0.2) is 0 Å². The zero-order valence-electron chi connectivity index (χ0n) is 10.6. The fourth-order valence-corrected chi connectivity index (χ4v) is 1.91. The second-order valence-electron chi connectivity index (χ2n) is 4.09. The van der Waals surface area contributed by atoms with Crippen LogP contribution in [-0.2, 0) is 0 Å². The zero-order chi connectivity index (χ0) is 13.0. The summed E-state index contributed by atoms with van der Waals surface area (Å²) in [4.78, 5) is 4.19. The number of ether oxygens (including phenoxy) is 1. The number of aliphatic hydroxyl groups is 1. The molecule has 1 N–H and O–H groups in total. The van der Waals surface area contributed by atoms with Crippen LogP contribution in [0.1, 0.15) is 29.8 Å². The quantitative estimate of drug-likeness (QED) is 0.897. The Hall–Kier alpha value is -1.87. The molecule has 2 aromatic rings. The summed E-state index contributed by atoms with van der Waals surface area (Å²) in [6.45, 7) is 4.45. The Morgan fingerprint density at radius 3 is 2.83 bits per heavy atom. The summed E-state index contributed by atoms with van der Waals surface area (Å²) < 4.78 is 5.44. The van der Waals surface area contributed by atoms with Crippen molar-refractivity contribution in [1.82, 2.24) is 4.98 Å². The van der Waals surface area contributed by atoms with Crippen LogP contribution < -0.4 is 4.74 Å². The first-order valence-corrected chi connectivity index (χ1v) is 6.04. The van der Waals surface area contributed by atoms with E-state index in [-0.39, 0.29) is 0 Å². The van der Waals surface area contributed by atoms with E-state index >= 15 is 0 Å². The van der Waals surface area contributed by atoms with Crippen molar-refractivity contribution in [3.05, 3.63) is 59.4 Å². The third kappa shape index (κ3) is 2.68. The van der Waals surface area contributed by atoms with Crippen LogP contribution >= 0.6 is 0 Å². The molecule has 0 saturated carbocycles. The van der Waals surface area contributed by atoms with Gasteiger partial charge in [-0.15, -0.1) is 0 Å². The number of aromatic nitrogens is 1. The monoisotopic (exact) mass is 243 g/mol. The second kappa shape index (κ2) is 5.65. The first kappa shape index (κ1) is 12.6. The van der Waals surface area contributed by atoms with Gasteiger partial charge in [-0.05, 0) is 37.6 Å². The lowest BCUT2D eigenvalue weighted by Gasteiger charge is -2.14. The van der Waals surface area contributed by atoms with Gasteiger partial charge in [0.05, 0.1) is 6.61 Å². The van der Waals surface area contributed by atoms with E-state index in [9.17, 15) is 5.11 Å². The first-order valence-electron chi connectivity index (χ1n) is 6.04. The predicted molar refractivity (Wildman–Crippen MR) is 70.6 cm³/mol. The number of pyridine rings is 1. The Bertz CT molecular complexity index is 525. The van der Waals surface area contributed by atoms with E-state index in [4.69, 9.17) is 4.74 Å². The molecule has 1 unspecified atom stereocenters. The lowest BCUT2D eigenvalue weighted by atomic mass is 10.0. The SMILES string of the molecule is CCOc1cccc(C(O)c2cccnc2C)c1. The summed E-state index contributed by atoms with van der Waals surface area (Å²) in [6, 6.07) is 11.2. The molecular formula is C15H17NO2. The maximum atomic E-state index is 10.4. The molecule has 0 fully saturated rings. The highest BCUT2D eigenvalue weighted by atomic mass is 16.5. The van der Waals surface area contributed by atoms with Crippen molar-refractivity contribution in [3.8, 4) is 5.75 Å². The molecule has 94 valence electrons. The van der Waals surface area contributed by atoms with Crippen LogP contribution in [0, 0.1) is 6.92 Å². The van der Waals surface area contributed by atoms with Crippen molar-refractivity contribution in [1.29, 1.82) is 0 Å². The molecule has 1 aromatic heterocycles. The van der Waals surface area contributed by atoms with Gasteiger partial charge in [0, 0.05) is 17.5 Å². The molecular weight excluding hydrogens is 226 g/mol. The Kier molecular flexibility index (Phi) is 3.95. The number of rotatable bonds is 4. The third-order valence-corrected chi connectivity index (χ3v) is 2.83. The van der Waals surface area contributed by atoms with E-state index in [0.29, 0.717) is 6.61 Å². The van der Waals surface area contributed by atoms with Crippen molar-refractivity contribution >= 4 is 0 Å². The van der Waals surface area contributed by atoms with Crippen molar-refractivity contribution in [2.45, 2.75) is 20.0 Å². The molecule has 0 aliphatic rings. The van der Waals surface area contributed by atoms with Crippen LogP contribution in [0.15, 0.2) is 42.6 Å². The fourth-order valence-electron chi connectivity index (χ4n) is 1.91. The molecule has 1 atom stereocenters. The summed E-state index contributed by atoms with van der Waals surface area (Å²) in [5.41, 5.74) is 2.48. The van der Waals surface area contributed by atoms with E-state index in [1.165, 1.54) is 0 Å². The van der Waals surface area contributed by atoms with Gasteiger partial charge < -0.3 is 9.84 Å². The minimum absolute atomic E-state index is 0.617. The third-order valence-electron chi connectivity index (χ3n) is 2.83. The molecule has 0 bridgehead atoms. The lowest BCUT2D eigenvalue weighted by molar-refractivity contribution is 0.218. The largest absolute Gasteiger partial charge is 0.494 e. The maximum absolute atomic E-state index is 10.4. The van der Waals surface area contributed by atoms with Gasteiger partial charge in [0.1, 0.15) is 11.9 Å². The Balaban J connectivity index is 2.31. The Morgan fingerprint density at radius 1 is 1.28 bits per heavy atom. The molecule has 0 saturated heterocycles. The van der Waals surface area contributed by atoms with Gasteiger partial charge in [-0.1, -0.05) is 18.2 Å². The van der Waals surface area contributed by atoms with Crippen LogP contribution in [0.3, 0.4) is 0 Å². The second-order valence-corrected chi connectivity index (χ2v) is 4.09. The van der Waals surface area contributed by atoms with Crippen LogP contribution in [0.25, 0.3) is 0 Å². The highest BCUT2D eigenvalue weighted by molar-refractivity contribution is 5.36. The van der Waals surface area contributed by atoms with E-state index in [2.05, 4.69) is 4.98 Å². The minimum atomic E-state index is -0.667. The molecule has 0 radical (unpaired) electrons. The van der Waals surface area contributed by atoms with Crippen LogP contribution in [0.2, 0.25) is 0 Å². The first-order chi connectivity index (χ1) is 8.72. The van der Waals surface area contributed by atoms with E-state index in [1.807, 2.05) is 50.2 Å². The molecule has 2 rings (SSSR count). The molecule has 0 amide bonds. The fraction of sp³-hybridized carbons (Fsp3) is 0.267. The van der Waals surface area contributed by atoms with Gasteiger partial charge in [-0.2, -0.15) is 0 Å². The minimum Gasteiger partial charge on any atom is -0.494 e. The standard InChI is InChI=1S/C15H17NO2/c1-3-18-13-7-4-6-12(10-13)15(17)14-8-5-9-16-11(14)2/h4-10,15,17H,3H2,1-2H3. The van der Waals surface area contributed by atoms with E-state index in [0.717, 1.165) is 22.6 Å². The van der Waals surface area contributed by atoms with Crippen molar-refractivity contribution in [2.75, 3.05) is 6.61 Å². The van der Waals surface area contributed by atoms with Gasteiger partial charge in [-0.25, -0.2) is 0 Å². The van der Waals surface area contributed by atoms with Crippen LogP contribution in [0.4, 0.5) is 0 Å². The molecule has 0 aliphatic carbocycles. The van der Waals surface area contributed by atoms with E-state index < -0.39 is 6.10 Å². The molecule has 0 spiro atoms. The number of aliphatic hydroxyl groups excluding tert-OH is 1. The van der Waals surface area contributed by atoms with Gasteiger partial charge >= 0.3 is 0 Å². The number of aryl methyl sites for hydroxylation is 1. The zero-order valence-corrected chi connectivity index (χ0v) is 10.6. The highest BCUT2D eigenvalue weighted by Gasteiger charge is 2.13. The van der Waals surface area contributed by atoms with Crippen molar-refractivity contribution in [2.24, 2.45) is 0 Å². The summed E-state index contributed by atoms with van der Waals surface area (Å²) in [5, 5.41) is 10.4. The summed E-state index contributed by atoms with van der Waals surface area (Å²) in [5.74, 6) is 0.774. The smallest absolute Gasteiger partial charge is 0.119 e. The molecule has 1 heterocycles. The van der Waals surface area contributed by atoms with Gasteiger partial charge in [0.25, 0.3) is 0 Å². The Morgan fingerprint density at radius 2 is 2.11 bits per heavy atom. The summed E-state index contributed by atoms with van der Waals surface area (Å²) in [7, 11) is 0. The average molecular weight is 243 g/mol. The van der Waals surface area contributed by atoms with Gasteiger partial charge in [0.2, 0.25) is 0 Å². The average Bonchev–Trinajstić information content (AvgIpc) is 2.39. The highest BCUT2D eigenvalue weighted by Crippen LogP contribution is 2.26. The molecule has 1 aromatic carbocycles. The number of nitrogens with zero attached hydrogens (tertiary/aromatic N) is 1. The molecule has 0 aliphatic heterocycles. The maximum Gasteiger partial charge on any atom is 0.119 e. The lowest BCUT2D eigenvalue weighted by Crippen LogP contribution is -2.03. The van der Waals surface area contributed by atoms with E-state index in [1.54, 1.807) is 6.20 Å². The topological polar surface area (TPSA) is 42.4 Å². The summed E-state index contributed by atoms with van der Waals surface area (Å²) in [6.07, 6.45) is 1.06. The van der Waals surface area contributed by atoms with Crippen LogP contribution in [0.5, 0.6) is 5.75 Å². The van der Waals surface area contributed by atoms with Crippen LogP contribution in [-0.4, -0.2) is 16.7 Å². The van der Waals surface area contributed by atoms with Gasteiger partial charge in [-0.3, -0.25) is 4.98 Å². The van der Waals surface area contributed by atoms with Crippen molar-refractivity contribution in [3.63, 3.8) is 0 Å². The predicted octanol–water partition coefficient (Wildman–Crippen LogP) is 2.87. The molecule has 3 nitrogen and oxygen atoms in total. The Labute approximate surface area is 107 Å². The van der Waals surface area contributed by atoms with Crippen molar-refractivity contribution < 1.29 is 9.84 Å². The molecule has 18 heavy (non-hydrogen) atoms. The summed E-state index contributed by atoms with van der Waals surface area (Å²) >= 11 is 0. The number of hydrogen-bond donors (Lipinski definition) is 1. The number of benzene rings is 1. The number of hydrogen-bond acceptors (Lipinski definition) is 3. The normalized spacial score (nSPS) is 12.2. The molecule has 3 heteroatoms.